The first kappa shape index (κ1) is 21.1. The summed E-state index contributed by atoms with van der Waals surface area (Å²) >= 11 is 3.62. The van der Waals surface area contributed by atoms with Crippen molar-refractivity contribution in [2.75, 3.05) is 39.4 Å². The third-order valence-corrected chi connectivity index (χ3v) is 5.26. The third kappa shape index (κ3) is 5.28. The van der Waals surface area contributed by atoms with Crippen molar-refractivity contribution in [1.29, 1.82) is 0 Å². The Morgan fingerprint density at radius 3 is 2.48 bits per heavy atom. The van der Waals surface area contributed by atoms with E-state index in [9.17, 15) is 4.39 Å². The van der Waals surface area contributed by atoms with Gasteiger partial charge in [0.1, 0.15) is 5.82 Å². The number of halogens is 4. The van der Waals surface area contributed by atoms with Crippen molar-refractivity contribution in [1.82, 2.24) is 10.2 Å². The van der Waals surface area contributed by atoms with E-state index in [2.05, 4.69) is 26.1 Å². The Labute approximate surface area is 158 Å². The predicted molar refractivity (Wildman–Crippen MR) is 99.3 cm³/mol. The largest absolute Gasteiger partial charge is 0.381 e. The Balaban J connectivity index is 0.00000132. The molecule has 0 spiro atoms. The number of hydrogen-bond acceptors (Lipinski definition) is 3. The molecule has 1 N–H and O–H groups in total. The van der Waals surface area contributed by atoms with Gasteiger partial charge in [-0.05, 0) is 42.5 Å². The molecule has 0 aliphatic carbocycles. The minimum absolute atomic E-state index is 0. The van der Waals surface area contributed by atoms with E-state index < -0.39 is 0 Å². The highest BCUT2D eigenvalue weighted by molar-refractivity contribution is 9.10. The molecule has 2 heterocycles. The van der Waals surface area contributed by atoms with Crippen LogP contribution < -0.4 is 5.32 Å². The monoisotopic (exact) mass is 428 g/mol. The Morgan fingerprint density at radius 1 is 1.17 bits per heavy atom. The zero-order valence-corrected chi connectivity index (χ0v) is 16.2. The van der Waals surface area contributed by atoms with Crippen molar-refractivity contribution in [3.8, 4) is 0 Å². The molecule has 1 atom stereocenters. The van der Waals surface area contributed by atoms with Crippen LogP contribution in [0.1, 0.15) is 24.4 Å². The quantitative estimate of drug-likeness (QED) is 0.790. The van der Waals surface area contributed by atoms with Gasteiger partial charge >= 0.3 is 0 Å². The van der Waals surface area contributed by atoms with Crippen LogP contribution in [0.2, 0.25) is 0 Å². The van der Waals surface area contributed by atoms with E-state index in [1.54, 1.807) is 6.07 Å². The Kier molecular flexibility index (Phi) is 9.34. The first-order valence-corrected chi connectivity index (χ1v) is 8.52. The van der Waals surface area contributed by atoms with Crippen LogP contribution in [0.3, 0.4) is 0 Å². The van der Waals surface area contributed by atoms with Gasteiger partial charge in [0.25, 0.3) is 0 Å². The molecule has 0 amide bonds. The fourth-order valence-corrected chi connectivity index (χ4v) is 3.96. The van der Waals surface area contributed by atoms with Crippen LogP contribution in [0.15, 0.2) is 22.7 Å². The van der Waals surface area contributed by atoms with Crippen molar-refractivity contribution >= 4 is 40.7 Å². The van der Waals surface area contributed by atoms with Crippen LogP contribution >= 0.6 is 40.7 Å². The number of piperazine rings is 1. The number of ether oxygens (including phenoxy) is 1. The second-order valence-corrected chi connectivity index (χ2v) is 6.70. The van der Waals surface area contributed by atoms with E-state index in [1.165, 1.54) is 6.07 Å². The summed E-state index contributed by atoms with van der Waals surface area (Å²) in [5.74, 6) is 0.385. The molecule has 2 aliphatic heterocycles. The van der Waals surface area contributed by atoms with Crippen LogP contribution in [-0.4, -0.2) is 44.3 Å². The molecule has 2 aliphatic rings. The molecule has 23 heavy (non-hydrogen) atoms. The maximum atomic E-state index is 13.8. The van der Waals surface area contributed by atoms with Crippen molar-refractivity contribution in [3.05, 3.63) is 34.1 Å². The summed E-state index contributed by atoms with van der Waals surface area (Å²) < 4.78 is 20.3. The molecule has 1 aromatic carbocycles. The normalized spacial score (nSPS) is 21.1. The van der Waals surface area contributed by atoms with Crippen LogP contribution in [0, 0.1) is 11.7 Å². The first-order valence-electron chi connectivity index (χ1n) is 7.73. The number of nitrogens with one attached hydrogen (secondary N) is 1. The summed E-state index contributed by atoms with van der Waals surface area (Å²) in [6.07, 6.45) is 2.11. The Bertz CT molecular complexity index is 465. The molecule has 3 nitrogen and oxygen atoms in total. The van der Waals surface area contributed by atoms with Gasteiger partial charge in [-0.3, -0.25) is 4.90 Å². The molecule has 2 fully saturated rings. The van der Waals surface area contributed by atoms with E-state index >= 15 is 0 Å². The average Bonchev–Trinajstić information content (AvgIpc) is 2.53. The lowest BCUT2D eigenvalue weighted by atomic mass is 9.85. The molecule has 0 unspecified atom stereocenters. The van der Waals surface area contributed by atoms with Gasteiger partial charge in [-0.2, -0.15) is 0 Å². The van der Waals surface area contributed by atoms with Gasteiger partial charge in [0.05, 0.1) is 0 Å². The molecule has 3 rings (SSSR count). The van der Waals surface area contributed by atoms with Gasteiger partial charge in [-0.1, -0.05) is 15.9 Å². The van der Waals surface area contributed by atoms with Gasteiger partial charge in [0.2, 0.25) is 0 Å². The van der Waals surface area contributed by atoms with E-state index in [0.717, 1.165) is 62.3 Å². The maximum absolute atomic E-state index is 13.8. The summed E-state index contributed by atoms with van der Waals surface area (Å²) in [4.78, 5) is 2.51. The van der Waals surface area contributed by atoms with Crippen molar-refractivity contribution in [2.45, 2.75) is 18.9 Å². The molecule has 0 aromatic heterocycles. The summed E-state index contributed by atoms with van der Waals surface area (Å²) in [6, 6.07) is 5.33. The minimum atomic E-state index is -0.152. The summed E-state index contributed by atoms with van der Waals surface area (Å²) in [7, 11) is 0. The molecular weight excluding hydrogens is 406 g/mol. The van der Waals surface area contributed by atoms with Gasteiger partial charge in [-0.15, -0.1) is 24.8 Å². The van der Waals surface area contributed by atoms with Gasteiger partial charge in [0, 0.05) is 49.9 Å². The third-order valence-electron chi connectivity index (χ3n) is 4.53. The van der Waals surface area contributed by atoms with Gasteiger partial charge in [0.15, 0.2) is 0 Å². The fraction of sp³-hybridized carbons (Fsp3) is 0.625. The van der Waals surface area contributed by atoms with Gasteiger partial charge < -0.3 is 10.1 Å². The zero-order chi connectivity index (χ0) is 14.7. The summed E-state index contributed by atoms with van der Waals surface area (Å²) in [5.41, 5.74) is 1.09. The molecule has 1 aromatic rings. The highest BCUT2D eigenvalue weighted by Crippen LogP contribution is 2.38. The molecule has 0 saturated carbocycles. The predicted octanol–water partition coefficient (Wildman–Crippen LogP) is 3.80. The number of rotatable bonds is 3. The highest BCUT2D eigenvalue weighted by Gasteiger charge is 2.32. The van der Waals surface area contributed by atoms with Crippen molar-refractivity contribution in [2.24, 2.45) is 5.92 Å². The summed E-state index contributed by atoms with van der Waals surface area (Å²) in [5, 5.41) is 3.40. The smallest absolute Gasteiger partial charge is 0.123 e. The lowest BCUT2D eigenvalue weighted by molar-refractivity contribution is 0.0210. The van der Waals surface area contributed by atoms with E-state index in [1.807, 2.05) is 6.07 Å². The van der Waals surface area contributed by atoms with Gasteiger partial charge in [-0.25, -0.2) is 4.39 Å². The maximum Gasteiger partial charge on any atom is 0.123 e. The van der Waals surface area contributed by atoms with E-state index in [4.69, 9.17) is 4.74 Å². The standard InChI is InChI=1S/C16H22BrFN2O.2ClH/c17-15-2-1-13(18)11-14(15)16(12-3-9-21-10-4-12)20-7-5-19-6-8-20;;/h1-2,11-12,16,19H,3-10H2;2*1H/t16-;;/m0../s1. The van der Waals surface area contributed by atoms with Crippen LogP contribution in [0.4, 0.5) is 4.39 Å². The number of hydrogen-bond donors (Lipinski definition) is 1. The average molecular weight is 430 g/mol. The number of nitrogens with zero attached hydrogens (tertiary/aromatic N) is 1. The van der Waals surface area contributed by atoms with Crippen LogP contribution in [0.25, 0.3) is 0 Å². The van der Waals surface area contributed by atoms with Crippen LogP contribution in [-0.2, 0) is 4.74 Å². The molecule has 2 saturated heterocycles. The molecule has 7 heteroatoms. The topological polar surface area (TPSA) is 24.5 Å². The number of benzene rings is 1. The van der Waals surface area contributed by atoms with E-state index in [-0.39, 0.29) is 36.7 Å². The first-order chi connectivity index (χ1) is 10.3. The SMILES string of the molecule is Cl.Cl.Fc1ccc(Br)c([C@H](C2CCOCC2)N2CCNCC2)c1. The van der Waals surface area contributed by atoms with Crippen molar-refractivity contribution < 1.29 is 9.13 Å². The lowest BCUT2D eigenvalue weighted by Gasteiger charge is -2.41. The highest BCUT2D eigenvalue weighted by atomic mass is 79.9. The summed E-state index contributed by atoms with van der Waals surface area (Å²) in [6.45, 7) is 5.69. The van der Waals surface area contributed by atoms with Crippen molar-refractivity contribution in [3.63, 3.8) is 0 Å². The second-order valence-electron chi connectivity index (χ2n) is 5.85. The molecule has 0 bridgehead atoms. The Morgan fingerprint density at radius 2 is 1.83 bits per heavy atom. The molecule has 0 radical (unpaired) electrons. The Hall–Kier alpha value is 0.0900. The lowest BCUT2D eigenvalue weighted by Crippen LogP contribution is -2.47. The molecule has 132 valence electrons. The van der Waals surface area contributed by atoms with E-state index in [0.29, 0.717) is 5.92 Å². The zero-order valence-electron chi connectivity index (χ0n) is 13.0. The molecular formula is C16H24BrCl2FN2O. The minimum Gasteiger partial charge on any atom is -0.381 e. The second kappa shape index (κ2) is 10.2. The van der Waals surface area contributed by atoms with Crippen LogP contribution in [0.5, 0.6) is 0 Å². The fourth-order valence-electron chi connectivity index (χ4n) is 3.48.